The highest BCUT2D eigenvalue weighted by molar-refractivity contribution is 5.95. The topological polar surface area (TPSA) is 107 Å². The van der Waals surface area contributed by atoms with Crippen LogP contribution in [-0.2, 0) is 9.53 Å². The number of carbonyl (C=O) groups is 2. The van der Waals surface area contributed by atoms with Crippen LogP contribution in [0.4, 0.5) is 16.4 Å². The summed E-state index contributed by atoms with van der Waals surface area (Å²) in [6.07, 6.45) is -0.0809. The number of nitrogens with one attached hydrogen (secondary N) is 1. The zero-order valence-corrected chi connectivity index (χ0v) is 12.7. The second kappa shape index (κ2) is 7.08. The summed E-state index contributed by atoms with van der Waals surface area (Å²) in [7, 11) is 0. The number of hydrogen-bond donors (Lipinski definition) is 2. The lowest BCUT2D eigenvalue weighted by Gasteiger charge is -2.19. The summed E-state index contributed by atoms with van der Waals surface area (Å²) >= 11 is 0. The molecule has 2 aliphatic heterocycles. The lowest BCUT2D eigenvalue weighted by atomic mass is 10.2. The summed E-state index contributed by atoms with van der Waals surface area (Å²) in [6, 6.07) is 3.32. The van der Waals surface area contributed by atoms with Crippen LogP contribution >= 0.6 is 0 Å². The summed E-state index contributed by atoms with van der Waals surface area (Å²) in [6.45, 7) is 4.82. The molecule has 1 atom stereocenters. The van der Waals surface area contributed by atoms with E-state index in [4.69, 9.17) is 15.2 Å². The molecule has 0 aliphatic carbocycles. The molecule has 22 heavy (non-hydrogen) atoms. The van der Waals surface area contributed by atoms with Crippen LogP contribution in [0.15, 0.2) is 12.1 Å². The molecule has 0 spiro atoms. The molecule has 2 amide bonds. The summed E-state index contributed by atoms with van der Waals surface area (Å²) in [4.78, 5) is 28.7. The van der Waals surface area contributed by atoms with Gasteiger partial charge >= 0.3 is 6.09 Å². The Hall–Kier alpha value is -2.35. The van der Waals surface area contributed by atoms with Crippen LogP contribution in [0.25, 0.3) is 0 Å². The molecule has 0 radical (unpaired) electrons. The van der Waals surface area contributed by atoms with Crippen molar-refractivity contribution < 1.29 is 19.1 Å². The highest BCUT2D eigenvalue weighted by Crippen LogP contribution is 2.30. The van der Waals surface area contributed by atoms with Crippen LogP contribution < -0.4 is 20.7 Å². The van der Waals surface area contributed by atoms with Gasteiger partial charge in [-0.15, -0.1) is 0 Å². The molecule has 0 saturated carbocycles. The molecule has 1 aromatic rings. The van der Waals surface area contributed by atoms with E-state index in [9.17, 15) is 9.59 Å². The minimum Gasteiger partial charge on any atom is -0.480 e. The van der Waals surface area contributed by atoms with Gasteiger partial charge in [0.2, 0.25) is 0 Å². The van der Waals surface area contributed by atoms with Crippen molar-refractivity contribution in [1.29, 1.82) is 0 Å². The van der Waals surface area contributed by atoms with Crippen molar-refractivity contribution in [2.45, 2.75) is 26.4 Å². The van der Waals surface area contributed by atoms with Crippen LogP contribution in [0.3, 0.4) is 0 Å². The quantitative estimate of drug-likeness (QED) is 0.866. The van der Waals surface area contributed by atoms with Crippen molar-refractivity contribution in [2.75, 3.05) is 29.9 Å². The molecule has 8 nitrogen and oxygen atoms in total. The molecular weight excluding hydrogens is 288 g/mol. The number of ether oxygens (including phenoxy) is 2. The first-order valence-corrected chi connectivity index (χ1v) is 7.29. The number of pyridine rings is 1. The fourth-order valence-corrected chi connectivity index (χ4v) is 2.15. The summed E-state index contributed by atoms with van der Waals surface area (Å²) in [5.41, 5.74) is 5.45. The number of anilines is 2. The fourth-order valence-electron chi connectivity index (χ4n) is 2.15. The van der Waals surface area contributed by atoms with Crippen molar-refractivity contribution in [3.63, 3.8) is 0 Å². The Morgan fingerprint density at radius 2 is 2.18 bits per heavy atom. The Morgan fingerprint density at radius 1 is 1.41 bits per heavy atom. The maximum Gasteiger partial charge on any atom is 0.415 e. The van der Waals surface area contributed by atoms with E-state index in [0.29, 0.717) is 36.9 Å². The van der Waals surface area contributed by atoms with Gasteiger partial charge in [0.25, 0.3) is 5.91 Å². The van der Waals surface area contributed by atoms with E-state index < -0.39 is 6.09 Å². The van der Waals surface area contributed by atoms with E-state index >= 15 is 0 Å². The van der Waals surface area contributed by atoms with Crippen LogP contribution in [0.2, 0.25) is 0 Å². The van der Waals surface area contributed by atoms with Crippen LogP contribution in [0, 0.1) is 0 Å². The predicted molar refractivity (Wildman–Crippen MR) is 81.0 cm³/mol. The SMILES string of the molecule is CC.NCCC1CN(c2ccc3c(n2)NC(=O)CO3)C(=O)O1. The van der Waals surface area contributed by atoms with Gasteiger partial charge in [-0.25, -0.2) is 9.78 Å². The number of amides is 2. The molecule has 2 aliphatic rings. The molecule has 1 aromatic heterocycles. The zero-order valence-electron chi connectivity index (χ0n) is 12.7. The predicted octanol–water partition coefficient (Wildman–Crippen LogP) is 1.11. The van der Waals surface area contributed by atoms with Crippen LogP contribution in [0.5, 0.6) is 5.75 Å². The minimum atomic E-state index is -0.459. The zero-order chi connectivity index (χ0) is 16.1. The van der Waals surface area contributed by atoms with Crippen molar-refractivity contribution in [1.82, 2.24) is 4.98 Å². The first-order valence-electron chi connectivity index (χ1n) is 7.29. The summed E-state index contributed by atoms with van der Waals surface area (Å²) in [5, 5.41) is 2.60. The van der Waals surface area contributed by atoms with Gasteiger partial charge in [-0.3, -0.25) is 9.69 Å². The summed E-state index contributed by atoms with van der Waals surface area (Å²) in [5.74, 6) is 0.944. The second-order valence-corrected chi connectivity index (χ2v) is 4.55. The standard InChI is InChI=1S/C12H14N4O4.C2H6/c13-4-3-7-5-16(12(18)20-7)9-2-1-8-11(14-9)15-10(17)6-19-8;1-2/h1-2,7H,3-6,13H2,(H,14,15,17);1-2H3. The number of rotatable bonds is 3. The highest BCUT2D eigenvalue weighted by Gasteiger charge is 2.33. The molecule has 1 fully saturated rings. The smallest absolute Gasteiger partial charge is 0.415 e. The highest BCUT2D eigenvalue weighted by atomic mass is 16.6. The van der Waals surface area contributed by atoms with Gasteiger partial charge in [0.05, 0.1) is 6.54 Å². The third-order valence-corrected chi connectivity index (χ3v) is 3.10. The third kappa shape index (κ3) is 3.28. The average Bonchev–Trinajstić information content (AvgIpc) is 2.89. The summed E-state index contributed by atoms with van der Waals surface area (Å²) < 4.78 is 10.4. The number of hydrogen-bond acceptors (Lipinski definition) is 6. The molecule has 120 valence electrons. The van der Waals surface area contributed by atoms with Gasteiger partial charge in [0.1, 0.15) is 11.9 Å². The fraction of sp³-hybridized carbons (Fsp3) is 0.500. The number of nitrogens with zero attached hydrogens (tertiary/aromatic N) is 2. The van der Waals surface area contributed by atoms with E-state index in [-0.39, 0.29) is 18.6 Å². The molecule has 0 aromatic carbocycles. The Balaban J connectivity index is 0.000000847. The molecule has 3 heterocycles. The molecule has 1 saturated heterocycles. The molecular formula is C14H20N4O4. The Morgan fingerprint density at radius 3 is 2.91 bits per heavy atom. The first-order chi connectivity index (χ1) is 10.7. The Kier molecular flexibility index (Phi) is 5.16. The second-order valence-electron chi connectivity index (χ2n) is 4.55. The molecule has 3 N–H and O–H groups in total. The van der Waals surface area contributed by atoms with E-state index in [1.165, 1.54) is 4.90 Å². The first kappa shape index (κ1) is 16.0. The maximum absolute atomic E-state index is 11.8. The van der Waals surface area contributed by atoms with Gasteiger partial charge in [-0.2, -0.15) is 0 Å². The number of aromatic nitrogens is 1. The number of carbonyl (C=O) groups excluding carboxylic acids is 2. The van der Waals surface area contributed by atoms with Gasteiger partial charge in [0.15, 0.2) is 18.2 Å². The number of fused-ring (bicyclic) bond motifs is 1. The molecule has 0 bridgehead atoms. The van der Waals surface area contributed by atoms with Crippen molar-refractivity contribution in [2.24, 2.45) is 5.73 Å². The van der Waals surface area contributed by atoms with Crippen LogP contribution in [-0.4, -0.2) is 42.8 Å². The van der Waals surface area contributed by atoms with Gasteiger partial charge in [-0.1, -0.05) is 13.8 Å². The molecule has 3 rings (SSSR count). The van der Waals surface area contributed by atoms with Crippen molar-refractivity contribution in [3.05, 3.63) is 12.1 Å². The lowest BCUT2D eigenvalue weighted by Crippen LogP contribution is -2.29. The van der Waals surface area contributed by atoms with Gasteiger partial charge in [0, 0.05) is 0 Å². The Bertz CT molecular complexity index is 564. The lowest BCUT2D eigenvalue weighted by molar-refractivity contribution is -0.118. The maximum atomic E-state index is 11.8. The van der Waals surface area contributed by atoms with Gasteiger partial charge in [-0.05, 0) is 25.1 Å². The van der Waals surface area contributed by atoms with E-state index in [0.717, 1.165) is 0 Å². The van der Waals surface area contributed by atoms with E-state index in [1.807, 2.05) is 13.8 Å². The third-order valence-electron chi connectivity index (χ3n) is 3.10. The Labute approximate surface area is 128 Å². The average molecular weight is 308 g/mol. The van der Waals surface area contributed by atoms with Crippen molar-refractivity contribution in [3.8, 4) is 5.75 Å². The number of cyclic esters (lactones) is 1. The monoisotopic (exact) mass is 308 g/mol. The van der Waals surface area contributed by atoms with Gasteiger partial charge < -0.3 is 20.5 Å². The minimum absolute atomic E-state index is 0.0294. The normalized spacial score (nSPS) is 19.4. The van der Waals surface area contributed by atoms with E-state index in [2.05, 4.69) is 10.3 Å². The van der Waals surface area contributed by atoms with Crippen molar-refractivity contribution >= 4 is 23.6 Å². The number of nitrogens with two attached hydrogens (primary N) is 1. The molecule has 1 unspecified atom stereocenters. The molecule has 8 heteroatoms. The van der Waals surface area contributed by atoms with Crippen LogP contribution in [0.1, 0.15) is 20.3 Å². The van der Waals surface area contributed by atoms with E-state index in [1.54, 1.807) is 12.1 Å². The largest absolute Gasteiger partial charge is 0.480 e.